The molecule has 3 N–H and O–H groups in total. The van der Waals surface area contributed by atoms with Gasteiger partial charge in [-0.2, -0.15) is 0 Å². The van der Waals surface area contributed by atoms with Gasteiger partial charge < -0.3 is 5.73 Å². The minimum Gasteiger partial charge on any atom is -0.351 e. The van der Waals surface area contributed by atoms with Gasteiger partial charge in [0.25, 0.3) is 0 Å². The zero-order valence-electron chi connectivity index (χ0n) is 11.3. The van der Waals surface area contributed by atoms with Gasteiger partial charge in [-0.25, -0.2) is 13.9 Å². The van der Waals surface area contributed by atoms with Gasteiger partial charge in [0.1, 0.15) is 5.82 Å². The first-order valence-corrected chi connectivity index (χ1v) is 8.10. The lowest BCUT2D eigenvalue weighted by atomic mass is 10.3. The van der Waals surface area contributed by atoms with E-state index in [1.54, 1.807) is 19.1 Å². The fourth-order valence-corrected chi connectivity index (χ4v) is 3.99. The van der Waals surface area contributed by atoms with Crippen molar-refractivity contribution in [3.63, 3.8) is 0 Å². The molecule has 0 fully saturated rings. The largest absolute Gasteiger partial charge is 0.351 e. The normalized spacial score (nSPS) is 11.9. The Morgan fingerprint density at radius 3 is 2.68 bits per heavy atom. The molecule has 0 bridgehead atoms. The van der Waals surface area contributed by atoms with E-state index in [1.807, 2.05) is 5.32 Å². The molecule has 1 heterocycles. The third-order valence-corrected chi connectivity index (χ3v) is 4.91. The van der Waals surface area contributed by atoms with Crippen molar-refractivity contribution in [2.75, 3.05) is 0 Å². The summed E-state index contributed by atoms with van der Waals surface area (Å²) in [7, 11) is 0. The second-order valence-corrected chi connectivity index (χ2v) is 7.35. The first-order chi connectivity index (χ1) is 10.4. The average Bonchev–Trinajstić information content (AvgIpc) is 2.79. The maximum atomic E-state index is 12.9. The zero-order chi connectivity index (χ0) is 16.3. The molecule has 0 unspecified atom stereocenters. The summed E-state index contributed by atoms with van der Waals surface area (Å²) >= 11 is 7.58. The average molecular weight is 358 g/mol. The summed E-state index contributed by atoms with van der Waals surface area (Å²) in [6, 6.07) is 4.84. The number of urea groups is 1. The van der Waals surface area contributed by atoms with Crippen LogP contribution >= 0.6 is 35.3 Å². The number of primary amides is 1. The lowest BCUT2D eigenvalue weighted by Crippen LogP contribution is -2.39. The number of nitrogens with one attached hydrogen (secondary N) is 1. The van der Waals surface area contributed by atoms with E-state index in [0.717, 1.165) is 11.8 Å². The van der Waals surface area contributed by atoms with Gasteiger partial charge in [-0.05, 0) is 43.4 Å². The lowest BCUT2D eigenvalue weighted by Gasteiger charge is -2.07. The predicted octanol–water partition coefficient (Wildman–Crippen LogP) is 2.48. The molecule has 1 atom stereocenters. The van der Waals surface area contributed by atoms with Crippen LogP contribution in [0.25, 0.3) is 5.69 Å². The van der Waals surface area contributed by atoms with Crippen LogP contribution < -0.4 is 11.1 Å². The number of hydrogen-bond acceptors (Lipinski definition) is 6. The van der Waals surface area contributed by atoms with Crippen molar-refractivity contribution in [1.82, 2.24) is 15.1 Å². The van der Waals surface area contributed by atoms with E-state index >= 15 is 0 Å². The lowest BCUT2D eigenvalue weighted by molar-refractivity contribution is -0.119. The van der Waals surface area contributed by atoms with Crippen molar-refractivity contribution >= 4 is 47.3 Å². The van der Waals surface area contributed by atoms with Gasteiger partial charge in [-0.15, -0.1) is 5.10 Å². The molecule has 0 aliphatic heterocycles. The molecule has 2 aromatic rings. The molecule has 3 amide bonds. The number of nitrogens with zero attached hydrogens (tertiary/aromatic N) is 2. The van der Waals surface area contributed by atoms with Crippen molar-refractivity contribution in [1.29, 1.82) is 0 Å². The Bertz CT molecular complexity index is 756. The van der Waals surface area contributed by atoms with Crippen LogP contribution in [-0.2, 0) is 4.79 Å². The van der Waals surface area contributed by atoms with E-state index < -0.39 is 17.2 Å². The number of aromatic nitrogens is 2. The summed E-state index contributed by atoms with van der Waals surface area (Å²) in [6.45, 7) is 1.62. The van der Waals surface area contributed by atoms with Gasteiger partial charge in [-0.3, -0.25) is 10.1 Å². The van der Waals surface area contributed by atoms with Gasteiger partial charge in [0, 0.05) is 0 Å². The molecule has 0 radical (unpaired) electrons. The Hall–Kier alpha value is -1.78. The van der Waals surface area contributed by atoms with Crippen molar-refractivity contribution in [3.05, 3.63) is 34.0 Å². The topological polar surface area (TPSA) is 90.0 Å². The van der Waals surface area contributed by atoms with E-state index in [4.69, 9.17) is 18.0 Å². The fourth-order valence-electron chi connectivity index (χ4n) is 1.48. The summed E-state index contributed by atoms with van der Waals surface area (Å²) in [4.78, 5) is 22.3. The van der Waals surface area contributed by atoms with E-state index in [9.17, 15) is 14.0 Å². The number of carbonyl (C=O) groups excluding carboxylic acids is 2. The number of imide groups is 1. The van der Waals surface area contributed by atoms with Gasteiger partial charge in [0.05, 0.1) is 10.9 Å². The fraction of sp³-hybridized carbons (Fsp3) is 0.167. The quantitative estimate of drug-likeness (QED) is 0.647. The van der Waals surface area contributed by atoms with Crippen molar-refractivity contribution in [2.45, 2.75) is 16.5 Å². The second kappa shape index (κ2) is 6.99. The van der Waals surface area contributed by atoms with Crippen molar-refractivity contribution in [2.24, 2.45) is 5.73 Å². The number of thioether (sulfide) groups is 1. The Morgan fingerprint density at radius 2 is 2.09 bits per heavy atom. The monoisotopic (exact) mass is 358 g/mol. The Labute approximate surface area is 138 Å². The summed E-state index contributed by atoms with van der Waals surface area (Å²) in [5.41, 5.74) is 5.52. The highest BCUT2D eigenvalue weighted by Gasteiger charge is 2.18. The molecule has 22 heavy (non-hydrogen) atoms. The first kappa shape index (κ1) is 16.6. The number of carbonyl (C=O) groups is 2. The van der Waals surface area contributed by atoms with Crippen molar-refractivity contribution in [3.8, 4) is 5.69 Å². The third-order valence-electron chi connectivity index (χ3n) is 2.49. The molecule has 0 saturated heterocycles. The highest BCUT2D eigenvalue weighted by Crippen LogP contribution is 2.27. The predicted molar refractivity (Wildman–Crippen MR) is 85.3 cm³/mol. The molecule has 6 nitrogen and oxygen atoms in total. The van der Waals surface area contributed by atoms with Crippen LogP contribution in [0.15, 0.2) is 28.6 Å². The van der Waals surface area contributed by atoms with Crippen LogP contribution in [0.1, 0.15) is 6.92 Å². The maximum Gasteiger partial charge on any atom is 0.318 e. The molecule has 1 aromatic carbocycles. The SMILES string of the molecule is C[C@H](Sc1nn(-c2ccc(F)cc2)c(=S)s1)C(=O)NC(N)=O. The van der Waals surface area contributed by atoms with E-state index in [1.165, 1.54) is 28.2 Å². The minimum absolute atomic E-state index is 0.350. The molecular weight excluding hydrogens is 347 g/mol. The Balaban J connectivity index is 2.16. The number of hydrogen-bond donors (Lipinski definition) is 2. The molecule has 1 aromatic heterocycles. The summed E-state index contributed by atoms with van der Waals surface area (Å²) in [6.07, 6.45) is 0. The molecule has 0 saturated carbocycles. The van der Waals surface area contributed by atoms with Gasteiger partial charge in [0.2, 0.25) is 5.91 Å². The highest BCUT2D eigenvalue weighted by atomic mass is 32.2. The molecule has 10 heteroatoms. The first-order valence-electron chi connectivity index (χ1n) is 6.00. The van der Waals surface area contributed by atoms with Crippen LogP contribution in [-0.4, -0.2) is 27.0 Å². The number of halogens is 1. The smallest absolute Gasteiger partial charge is 0.318 e. The number of benzene rings is 1. The minimum atomic E-state index is -0.901. The molecule has 2 rings (SSSR count). The van der Waals surface area contributed by atoms with E-state index in [2.05, 4.69) is 5.10 Å². The number of rotatable bonds is 4. The van der Waals surface area contributed by atoms with E-state index in [-0.39, 0.29) is 5.82 Å². The van der Waals surface area contributed by atoms with Gasteiger partial charge >= 0.3 is 6.03 Å². The number of nitrogens with two attached hydrogens (primary N) is 1. The standard InChI is InChI=1S/C12H11FN4O2S3/c1-6(9(18)15-10(14)19)21-11-16-17(12(20)22-11)8-4-2-7(13)3-5-8/h2-6H,1H3,(H3,14,15,18,19)/t6-/m0/s1. The van der Waals surface area contributed by atoms with E-state index in [0.29, 0.717) is 14.0 Å². The zero-order valence-corrected chi connectivity index (χ0v) is 13.7. The Morgan fingerprint density at radius 1 is 1.45 bits per heavy atom. The summed E-state index contributed by atoms with van der Waals surface area (Å²) < 4.78 is 15.4. The summed E-state index contributed by atoms with van der Waals surface area (Å²) in [5.74, 6) is -0.858. The second-order valence-electron chi connectivity index (χ2n) is 4.14. The molecule has 0 spiro atoms. The van der Waals surface area contributed by atoms with Crippen LogP contribution in [0.4, 0.5) is 9.18 Å². The van der Waals surface area contributed by atoms with Gasteiger partial charge in [-0.1, -0.05) is 23.1 Å². The number of amides is 3. The Kier molecular flexibility index (Phi) is 5.27. The van der Waals surface area contributed by atoms with Crippen LogP contribution in [0.5, 0.6) is 0 Å². The van der Waals surface area contributed by atoms with Crippen LogP contribution in [0.3, 0.4) is 0 Å². The molecule has 0 aliphatic rings. The van der Waals surface area contributed by atoms with Crippen LogP contribution in [0.2, 0.25) is 0 Å². The van der Waals surface area contributed by atoms with Crippen molar-refractivity contribution < 1.29 is 14.0 Å². The molecular formula is C12H11FN4O2S3. The maximum absolute atomic E-state index is 12.9. The van der Waals surface area contributed by atoms with Crippen LogP contribution in [0, 0.1) is 9.77 Å². The highest BCUT2D eigenvalue weighted by molar-refractivity contribution is 8.02. The molecule has 0 aliphatic carbocycles. The third kappa shape index (κ3) is 4.12. The van der Waals surface area contributed by atoms with Gasteiger partial charge in [0.15, 0.2) is 8.29 Å². The molecule has 116 valence electrons. The summed E-state index contributed by atoms with van der Waals surface area (Å²) in [5, 5.41) is 5.73.